The van der Waals surface area contributed by atoms with E-state index in [1.54, 1.807) is 0 Å². The van der Waals surface area contributed by atoms with Gasteiger partial charge in [-0.05, 0) is 77.0 Å². The molecule has 328 valence electrons. The molecule has 0 aliphatic carbocycles. The summed E-state index contributed by atoms with van der Waals surface area (Å²) < 4.78 is 11.0. The summed E-state index contributed by atoms with van der Waals surface area (Å²) in [4.78, 5) is 13.0. The number of carbonyl (C=O) groups excluding carboxylic acids is 1. The molecule has 8 N–H and O–H groups in total. The lowest BCUT2D eigenvalue weighted by molar-refractivity contribution is -0.303. The van der Waals surface area contributed by atoms with Crippen molar-refractivity contribution < 1.29 is 50.0 Å². The van der Waals surface area contributed by atoms with Crippen molar-refractivity contribution in [1.29, 1.82) is 0 Å². The third kappa shape index (κ3) is 25.0. The van der Waals surface area contributed by atoms with E-state index >= 15 is 0 Å². The summed E-state index contributed by atoms with van der Waals surface area (Å²) in [5.41, 5.74) is 0. The van der Waals surface area contributed by atoms with E-state index in [2.05, 4.69) is 55.6 Å². The Labute approximate surface area is 339 Å². The average molecular weight is 798 g/mol. The maximum Gasteiger partial charge on any atom is 0.249 e. The molecule has 1 aliphatic heterocycles. The van der Waals surface area contributed by atoms with E-state index in [4.69, 9.17) is 9.47 Å². The van der Waals surface area contributed by atoms with Crippen LogP contribution < -0.4 is 5.32 Å². The summed E-state index contributed by atoms with van der Waals surface area (Å²) in [5.74, 6) is -0.722. The normalized spacial score (nSPS) is 22.6. The number of aliphatic hydroxyl groups excluding tert-OH is 7. The Morgan fingerprint density at radius 3 is 1.62 bits per heavy atom. The minimum absolute atomic E-state index is 0.236. The van der Waals surface area contributed by atoms with Gasteiger partial charge in [-0.15, -0.1) is 0 Å². The number of hydrogen-bond acceptors (Lipinski definition) is 10. The summed E-state index contributed by atoms with van der Waals surface area (Å²) in [6, 6.07) is -1.19. The van der Waals surface area contributed by atoms with Gasteiger partial charge in [-0.1, -0.05) is 134 Å². The largest absolute Gasteiger partial charge is 0.394 e. The lowest BCUT2D eigenvalue weighted by Gasteiger charge is -2.40. The molecule has 9 atom stereocenters. The molecule has 0 bridgehead atoms. The third-order valence-electron chi connectivity index (χ3n) is 10.6. The monoisotopic (exact) mass is 798 g/mol. The highest BCUT2D eigenvalue weighted by atomic mass is 16.7. The first-order valence-electron chi connectivity index (χ1n) is 22.4. The molecule has 1 saturated heterocycles. The van der Waals surface area contributed by atoms with E-state index in [1.165, 1.54) is 77.0 Å². The van der Waals surface area contributed by atoms with Gasteiger partial charge in [0.2, 0.25) is 5.91 Å². The van der Waals surface area contributed by atoms with Gasteiger partial charge in [-0.2, -0.15) is 0 Å². The highest BCUT2D eigenvalue weighted by molar-refractivity contribution is 5.80. The van der Waals surface area contributed by atoms with Crippen LogP contribution in [0.4, 0.5) is 0 Å². The number of rotatable bonds is 36. The molecule has 0 aromatic rings. The molecule has 1 fully saturated rings. The third-order valence-corrected chi connectivity index (χ3v) is 10.6. The zero-order valence-corrected chi connectivity index (χ0v) is 35.1. The second-order valence-corrected chi connectivity index (χ2v) is 15.7. The Morgan fingerprint density at radius 1 is 0.607 bits per heavy atom. The molecule has 11 heteroatoms. The zero-order valence-electron chi connectivity index (χ0n) is 35.1. The van der Waals surface area contributed by atoms with Crippen molar-refractivity contribution in [2.75, 3.05) is 13.2 Å². The van der Waals surface area contributed by atoms with E-state index in [0.717, 1.165) is 51.4 Å². The number of hydrogen-bond donors (Lipinski definition) is 8. The molecule has 9 unspecified atom stereocenters. The molecule has 1 aliphatic rings. The maximum atomic E-state index is 13.0. The molecule has 0 aromatic heterocycles. The summed E-state index contributed by atoms with van der Waals surface area (Å²) >= 11 is 0. The molecule has 0 radical (unpaired) electrons. The number of carbonyl (C=O) groups is 1. The smallest absolute Gasteiger partial charge is 0.249 e. The molecular weight excluding hydrogens is 714 g/mol. The molecule has 0 spiro atoms. The Kier molecular flexibility index (Phi) is 33.0. The molecule has 56 heavy (non-hydrogen) atoms. The molecule has 11 nitrogen and oxygen atoms in total. The van der Waals surface area contributed by atoms with Gasteiger partial charge in [0.1, 0.15) is 36.6 Å². The van der Waals surface area contributed by atoms with Crippen LogP contribution in [0.25, 0.3) is 0 Å². The standard InChI is InChI=1S/C45H83NO10/c1-3-5-7-9-11-13-15-17-18-19-20-21-23-25-27-29-31-33-38(49)44(54)46-36(35-55-45-43(53)42(52)41(51)39(34-47)56-45)40(50)37(48)32-30-28-26-24-22-16-14-12-10-8-6-4-2/h12,14,20-21,24,26,36-43,45,47-53H,3-11,13,15-19,22-23,25,27-35H2,1-2H3,(H,46,54)/b14-12+,21-20-,26-24+. The van der Waals surface area contributed by atoms with Gasteiger partial charge in [0, 0.05) is 0 Å². The number of allylic oxidation sites excluding steroid dienone is 6. The molecule has 1 rings (SSSR count). The van der Waals surface area contributed by atoms with Gasteiger partial charge in [-0.3, -0.25) is 4.79 Å². The van der Waals surface area contributed by atoms with Crippen LogP contribution in [0.2, 0.25) is 0 Å². The van der Waals surface area contributed by atoms with E-state index in [1.807, 2.05) is 0 Å². The highest BCUT2D eigenvalue weighted by Crippen LogP contribution is 2.23. The van der Waals surface area contributed by atoms with Crippen LogP contribution >= 0.6 is 0 Å². The topological polar surface area (TPSA) is 189 Å². The number of aliphatic hydroxyl groups is 7. The van der Waals surface area contributed by atoms with Gasteiger partial charge >= 0.3 is 0 Å². The lowest BCUT2D eigenvalue weighted by Crippen LogP contribution is -2.60. The van der Waals surface area contributed by atoms with Crippen LogP contribution in [0.1, 0.15) is 174 Å². The number of nitrogens with one attached hydrogen (secondary N) is 1. The highest BCUT2D eigenvalue weighted by Gasteiger charge is 2.44. The number of ether oxygens (including phenoxy) is 2. The van der Waals surface area contributed by atoms with Gasteiger partial charge < -0.3 is 50.5 Å². The van der Waals surface area contributed by atoms with Crippen LogP contribution in [0, 0.1) is 0 Å². The Morgan fingerprint density at radius 2 is 1.07 bits per heavy atom. The Hall–Kier alpha value is -1.67. The predicted molar refractivity (Wildman–Crippen MR) is 224 cm³/mol. The van der Waals surface area contributed by atoms with E-state index in [-0.39, 0.29) is 12.8 Å². The van der Waals surface area contributed by atoms with Crippen molar-refractivity contribution in [3.05, 3.63) is 36.5 Å². The molecule has 0 aromatic carbocycles. The van der Waals surface area contributed by atoms with Crippen LogP contribution in [-0.2, 0) is 14.3 Å². The van der Waals surface area contributed by atoms with Gasteiger partial charge in [-0.25, -0.2) is 0 Å². The van der Waals surface area contributed by atoms with Gasteiger partial charge in [0.25, 0.3) is 0 Å². The van der Waals surface area contributed by atoms with Gasteiger partial charge in [0.15, 0.2) is 6.29 Å². The van der Waals surface area contributed by atoms with Crippen molar-refractivity contribution in [1.82, 2.24) is 5.32 Å². The quantitative estimate of drug-likeness (QED) is 0.0247. The summed E-state index contributed by atoms with van der Waals surface area (Å²) in [6.45, 7) is 3.36. The fourth-order valence-electron chi connectivity index (χ4n) is 6.86. The van der Waals surface area contributed by atoms with E-state index in [9.17, 15) is 40.5 Å². The maximum absolute atomic E-state index is 13.0. The SMILES string of the molecule is CCCCC/C=C/CC/C=C/CCCC(O)C(O)C(COC1OC(CO)C(O)C(O)C1O)NC(=O)C(O)CCCCCC/C=C\CCCCCCCCCCC. The fraction of sp³-hybridized carbons (Fsp3) is 0.844. The Bertz CT molecular complexity index is 1010. The predicted octanol–water partition coefficient (Wildman–Crippen LogP) is 6.83. The zero-order chi connectivity index (χ0) is 41.2. The molecular formula is C45H83NO10. The second kappa shape index (κ2) is 35.3. The van der Waals surface area contributed by atoms with Crippen molar-refractivity contribution >= 4 is 5.91 Å². The number of unbranched alkanes of at least 4 members (excludes halogenated alkanes) is 18. The Balaban J connectivity index is 2.50. The van der Waals surface area contributed by atoms with E-state index < -0.39 is 74.2 Å². The summed E-state index contributed by atoms with van der Waals surface area (Å²) in [5, 5.41) is 75.4. The number of amides is 1. The van der Waals surface area contributed by atoms with Crippen molar-refractivity contribution in [2.45, 2.75) is 229 Å². The first kappa shape index (κ1) is 52.3. The van der Waals surface area contributed by atoms with Crippen LogP contribution in [0.5, 0.6) is 0 Å². The van der Waals surface area contributed by atoms with Crippen LogP contribution in [0.15, 0.2) is 36.5 Å². The van der Waals surface area contributed by atoms with Crippen molar-refractivity contribution in [3.63, 3.8) is 0 Å². The van der Waals surface area contributed by atoms with Crippen molar-refractivity contribution in [3.8, 4) is 0 Å². The van der Waals surface area contributed by atoms with Crippen LogP contribution in [0.3, 0.4) is 0 Å². The molecule has 1 heterocycles. The first-order chi connectivity index (χ1) is 27.2. The van der Waals surface area contributed by atoms with Crippen LogP contribution in [-0.4, -0.2) is 110 Å². The minimum Gasteiger partial charge on any atom is -0.394 e. The lowest BCUT2D eigenvalue weighted by atomic mass is 9.98. The summed E-state index contributed by atoms with van der Waals surface area (Å²) in [6.07, 6.45) is 27.7. The average Bonchev–Trinajstić information content (AvgIpc) is 3.20. The second-order valence-electron chi connectivity index (χ2n) is 15.7. The summed E-state index contributed by atoms with van der Waals surface area (Å²) in [7, 11) is 0. The molecule has 0 saturated carbocycles. The van der Waals surface area contributed by atoms with Crippen molar-refractivity contribution in [2.24, 2.45) is 0 Å². The van der Waals surface area contributed by atoms with E-state index in [0.29, 0.717) is 19.3 Å². The van der Waals surface area contributed by atoms with Gasteiger partial charge in [0.05, 0.1) is 25.4 Å². The fourth-order valence-corrected chi connectivity index (χ4v) is 6.86. The molecule has 1 amide bonds. The minimum atomic E-state index is -1.67. The first-order valence-corrected chi connectivity index (χ1v) is 22.4.